The van der Waals surface area contributed by atoms with Gasteiger partial charge in [0, 0.05) is 29.5 Å². The van der Waals surface area contributed by atoms with E-state index < -0.39 is 5.97 Å². The molecule has 0 amide bonds. The van der Waals surface area contributed by atoms with E-state index >= 15 is 0 Å². The molecule has 2 aromatic heterocycles. The number of rotatable bonds is 9. The van der Waals surface area contributed by atoms with Crippen molar-refractivity contribution in [3.8, 4) is 23.4 Å². The number of ether oxygens (including phenoxy) is 2. The lowest BCUT2D eigenvalue weighted by atomic mass is 10.1. The highest BCUT2D eigenvalue weighted by Crippen LogP contribution is 2.36. The molecule has 0 aliphatic carbocycles. The second-order valence-electron chi connectivity index (χ2n) is 9.87. The maximum Gasteiger partial charge on any atom is 0.340 e. The van der Waals surface area contributed by atoms with Crippen LogP contribution in [-0.2, 0) is 11.3 Å². The van der Waals surface area contributed by atoms with E-state index in [1.54, 1.807) is 19.2 Å². The summed E-state index contributed by atoms with van der Waals surface area (Å²) < 4.78 is 13.8. The van der Waals surface area contributed by atoms with E-state index in [1.807, 2.05) is 98.7 Å². The number of aryl methyl sites for hydroxylation is 1. The molecule has 0 fully saturated rings. The van der Waals surface area contributed by atoms with Crippen LogP contribution < -0.4 is 10.1 Å². The van der Waals surface area contributed by atoms with Crippen molar-refractivity contribution in [1.82, 2.24) is 14.5 Å². The van der Waals surface area contributed by atoms with Crippen LogP contribution in [0.3, 0.4) is 0 Å². The second kappa shape index (κ2) is 11.9. The Labute approximate surface area is 239 Å². The van der Waals surface area contributed by atoms with E-state index in [0.29, 0.717) is 28.9 Å². The molecule has 0 saturated carbocycles. The molecule has 0 radical (unpaired) electrons. The zero-order valence-corrected chi connectivity index (χ0v) is 23.5. The lowest BCUT2D eigenvalue weighted by Crippen LogP contribution is -2.17. The molecule has 0 saturated heterocycles. The molecule has 5 rings (SSSR count). The van der Waals surface area contributed by atoms with Gasteiger partial charge < -0.3 is 24.3 Å². The van der Waals surface area contributed by atoms with E-state index in [1.165, 1.54) is 0 Å². The molecule has 8 heteroatoms. The number of nitrogens with zero attached hydrogens (tertiary/aromatic N) is 4. The minimum Gasteiger partial charge on any atom is -0.462 e. The highest BCUT2D eigenvalue weighted by Gasteiger charge is 2.26. The molecular formula is C33H31N5O3. The largest absolute Gasteiger partial charge is 0.462 e. The summed E-state index contributed by atoms with van der Waals surface area (Å²) in [5.41, 5.74) is 5.91. The van der Waals surface area contributed by atoms with Gasteiger partial charge in [0.25, 0.3) is 0 Å². The van der Waals surface area contributed by atoms with Crippen LogP contribution in [0.25, 0.3) is 16.6 Å². The van der Waals surface area contributed by atoms with Crippen molar-refractivity contribution in [2.75, 3.05) is 26.0 Å². The van der Waals surface area contributed by atoms with Gasteiger partial charge in [0.15, 0.2) is 0 Å². The first-order valence-corrected chi connectivity index (χ1v) is 13.3. The van der Waals surface area contributed by atoms with E-state index in [2.05, 4.69) is 20.9 Å². The van der Waals surface area contributed by atoms with Crippen LogP contribution in [0.15, 0.2) is 85.1 Å². The van der Waals surface area contributed by atoms with E-state index in [0.717, 1.165) is 28.1 Å². The Bertz CT molecular complexity index is 1740. The molecule has 41 heavy (non-hydrogen) atoms. The van der Waals surface area contributed by atoms with Gasteiger partial charge in [-0.3, -0.25) is 0 Å². The molecular weight excluding hydrogens is 514 g/mol. The highest BCUT2D eigenvalue weighted by molar-refractivity contribution is 6.07. The van der Waals surface area contributed by atoms with Crippen LogP contribution >= 0.6 is 0 Å². The zero-order chi connectivity index (χ0) is 28.9. The summed E-state index contributed by atoms with van der Waals surface area (Å²) >= 11 is 0. The molecule has 206 valence electrons. The normalized spacial score (nSPS) is 10.9. The Morgan fingerprint density at radius 2 is 1.80 bits per heavy atom. The van der Waals surface area contributed by atoms with Crippen LogP contribution in [0, 0.1) is 18.3 Å². The molecule has 0 unspecified atom stereocenters. The molecule has 0 spiro atoms. The van der Waals surface area contributed by atoms with Crippen molar-refractivity contribution in [2.45, 2.75) is 20.4 Å². The van der Waals surface area contributed by atoms with Gasteiger partial charge in [-0.1, -0.05) is 35.9 Å². The maximum absolute atomic E-state index is 13.4. The molecule has 0 aliphatic rings. The van der Waals surface area contributed by atoms with Crippen molar-refractivity contribution < 1.29 is 14.3 Å². The summed E-state index contributed by atoms with van der Waals surface area (Å²) in [5.74, 6) is 0.209. The monoisotopic (exact) mass is 545 g/mol. The second-order valence-corrected chi connectivity index (χ2v) is 9.87. The van der Waals surface area contributed by atoms with E-state index in [4.69, 9.17) is 9.47 Å². The number of carbonyl (C=O) groups is 1. The number of aromatic nitrogens is 2. The number of nitrogens with one attached hydrogen (secondary N) is 1. The first-order valence-electron chi connectivity index (χ1n) is 13.3. The highest BCUT2D eigenvalue weighted by atomic mass is 16.5. The lowest BCUT2D eigenvalue weighted by molar-refractivity contribution is 0.0526. The minimum absolute atomic E-state index is 0.164. The van der Waals surface area contributed by atoms with Gasteiger partial charge in [-0.15, -0.1) is 0 Å². The Morgan fingerprint density at radius 3 is 2.49 bits per heavy atom. The molecule has 0 bridgehead atoms. The standard InChI is InChI=1S/C33H31N5O3/c1-5-40-33(39)31-26-19-25(41-32-27(20-34)28(17-18-35-32)36-23-9-7-6-8-10-23)15-16-29(26)38(30(31)21-37(3)4)24-13-11-22(2)12-14-24/h6-19H,5,21H2,1-4H3,(H,35,36). The summed E-state index contributed by atoms with van der Waals surface area (Å²) in [5, 5.41) is 13.9. The fourth-order valence-corrected chi connectivity index (χ4v) is 4.78. The number of nitriles is 1. The number of hydrogen-bond acceptors (Lipinski definition) is 7. The number of benzene rings is 3. The van der Waals surface area contributed by atoms with E-state index in [9.17, 15) is 10.1 Å². The third kappa shape index (κ3) is 5.76. The van der Waals surface area contributed by atoms with Gasteiger partial charge in [-0.05, 0) is 76.5 Å². The van der Waals surface area contributed by atoms with Crippen LogP contribution in [-0.4, -0.2) is 41.1 Å². The summed E-state index contributed by atoms with van der Waals surface area (Å²) in [7, 11) is 3.93. The summed E-state index contributed by atoms with van der Waals surface area (Å²) in [4.78, 5) is 19.8. The smallest absolute Gasteiger partial charge is 0.340 e. The summed E-state index contributed by atoms with van der Waals surface area (Å²) in [6, 6.07) is 27.3. The van der Waals surface area contributed by atoms with Crippen LogP contribution in [0.4, 0.5) is 11.4 Å². The number of fused-ring (bicyclic) bond motifs is 1. The van der Waals surface area contributed by atoms with Crippen molar-refractivity contribution in [3.63, 3.8) is 0 Å². The Hall–Kier alpha value is -5.13. The molecule has 5 aromatic rings. The van der Waals surface area contributed by atoms with Crippen LogP contribution in [0.5, 0.6) is 11.6 Å². The molecule has 8 nitrogen and oxygen atoms in total. The number of hydrogen-bond donors (Lipinski definition) is 1. The summed E-state index contributed by atoms with van der Waals surface area (Å²) in [6.07, 6.45) is 1.59. The van der Waals surface area contributed by atoms with Crippen molar-refractivity contribution in [2.24, 2.45) is 0 Å². The van der Waals surface area contributed by atoms with Crippen LogP contribution in [0.1, 0.15) is 34.1 Å². The molecule has 1 N–H and O–H groups in total. The average Bonchev–Trinajstić information content (AvgIpc) is 3.26. The quantitative estimate of drug-likeness (QED) is 0.200. The maximum atomic E-state index is 13.4. The van der Waals surface area contributed by atoms with Gasteiger partial charge in [-0.25, -0.2) is 9.78 Å². The fourth-order valence-electron chi connectivity index (χ4n) is 4.78. The molecule has 0 aliphatic heterocycles. The number of carbonyl (C=O) groups excluding carboxylic acids is 1. The van der Waals surface area contributed by atoms with Gasteiger partial charge in [-0.2, -0.15) is 5.26 Å². The third-order valence-corrected chi connectivity index (χ3v) is 6.57. The lowest BCUT2D eigenvalue weighted by Gasteiger charge is -2.16. The first kappa shape index (κ1) is 27.4. The Kier molecular flexibility index (Phi) is 7.99. The minimum atomic E-state index is -0.401. The van der Waals surface area contributed by atoms with Gasteiger partial charge in [0.1, 0.15) is 17.4 Å². The zero-order valence-electron chi connectivity index (χ0n) is 23.5. The molecule has 3 aromatic carbocycles. The Balaban J connectivity index is 1.63. The van der Waals surface area contributed by atoms with E-state index in [-0.39, 0.29) is 18.1 Å². The number of anilines is 2. The predicted octanol–water partition coefficient (Wildman–Crippen LogP) is 6.98. The number of esters is 1. The first-order chi connectivity index (χ1) is 19.9. The predicted molar refractivity (Wildman–Crippen MR) is 160 cm³/mol. The van der Waals surface area contributed by atoms with Gasteiger partial charge in [0.2, 0.25) is 5.88 Å². The summed E-state index contributed by atoms with van der Waals surface area (Å²) in [6.45, 7) is 4.60. The Morgan fingerprint density at radius 1 is 1.05 bits per heavy atom. The average molecular weight is 546 g/mol. The number of pyridine rings is 1. The fraction of sp³-hybridized carbons (Fsp3) is 0.182. The van der Waals surface area contributed by atoms with Crippen LogP contribution in [0.2, 0.25) is 0 Å². The third-order valence-electron chi connectivity index (χ3n) is 6.57. The van der Waals surface area contributed by atoms with Gasteiger partial charge >= 0.3 is 5.97 Å². The molecule has 2 heterocycles. The van der Waals surface area contributed by atoms with Gasteiger partial charge in [0.05, 0.1) is 29.1 Å². The number of para-hydroxylation sites is 1. The molecule has 0 atom stereocenters. The van der Waals surface area contributed by atoms with Crippen molar-refractivity contribution in [1.29, 1.82) is 5.26 Å². The van der Waals surface area contributed by atoms with Crippen molar-refractivity contribution in [3.05, 3.63) is 107 Å². The topological polar surface area (TPSA) is 92.4 Å². The van der Waals surface area contributed by atoms with Crippen molar-refractivity contribution >= 4 is 28.2 Å². The SMILES string of the molecule is CCOC(=O)c1c(CN(C)C)n(-c2ccc(C)cc2)c2ccc(Oc3nccc(Nc4ccccc4)c3C#N)cc12.